The monoisotopic (exact) mass is 194 g/mol. The summed E-state index contributed by atoms with van der Waals surface area (Å²) in [5.74, 6) is -1.27. The number of allylic oxidation sites excluding steroid dienone is 2. The summed E-state index contributed by atoms with van der Waals surface area (Å²) < 4.78 is 15.5. The van der Waals surface area contributed by atoms with E-state index in [4.69, 9.17) is 24.7 Å². The summed E-state index contributed by atoms with van der Waals surface area (Å²) in [5, 5.41) is 17.3. The van der Waals surface area contributed by atoms with Crippen LogP contribution in [0.1, 0.15) is 13.8 Å². The molecule has 1 heterocycles. The lowest BCUT2D eigenvalue weighted by molar-refractivity contribution is -0.254. The molecular formula is C9H10N2O3. The molecule has 1 unspecified atom stereocenters. The number of hydrogen-bond acceptors (Lipinski definition) is 5. The first-order valence-corrected chi connectivity index (χ1v) is 4.02. The molecule has 0 aliphatic carbocycles. The van der Waals surface area contributed by atoms with Crippen molar-refractivity contribution >= 4 is 0 Å². The molecule has 5 nitrogen and oxygen atoms in total. The van der Waals surface area contributed by atoms with Crippen molar-refractivity contribution in [1.29, 1.82) is 10.5 Å². The van der Waals surface area contributed by atoms with Crippen LogP contribution in [0, 0.1) is 22.7 Å². The third kappa shape index (κ3) is 1.50. The quantitative estimate of drug-likeness (QED) is 0.623. The van der Waals surface area contributed by atoms with Crippen molar-refractivity contribution in [2.24, 2.45) is 0 Å². The molecule has 1 aliphatic rings. The summed E-state index contributed by atoms with van der Waals surface area (Å²) in [7, 11) is 1.45. The average molecular weight is 194 g/mol. The Bertz CT molecular complexity index is 350. The van der Waals surface area contributed by atoms with Crippen LogP contribution >= 0.6 is 0 Å². The van der Waals surface area contributed by atoms with Crippen molar-refractivity contribution < 1.29 is 14.2 Å². The molecule has 74 valence electrons. The van der Waals surface area contributed by atoms with Gasteiger partial charge in [-0.25, -0.2) is 0 Å². The number of ether oxygens (including phenoxy) is 3. The SMILES string of the molecule is CO[C@]1(C)OC(C#N)=C(C#N)OC1C. The Hall–Kier alpha value is -1.72. The maximum absolute atomic E-state index is 8.69. The van der Waals surface area contributed by atoms with Crippen LogP contribution < -0.4 is 0 Å². The Morgan fingerprint density at radius 2 is 1.93 bits per heavy atom. The van der Waals surface area contributed by atoms with E-state index in [1.807, 2.05) is 0 Å². The highest BCUT2D eigenvalue weighted by atomic mass is 16.7. The fourth-order valence-electron chi connectivity index (χ4n) is 1.03. The molecule has 0 radical (unpaired) electrons. The molecule has 0 aromatic carbocycles. The highest BCUT2D eigenvalue weighted by Gasteiger charge is 2.41. The Morgan fingerprint density at radius 1 is 1.36 bits per heavy atom. The minimum absolute atomic E-state index is 0.102. The maximum Gasteiger partial charge on any atom is 0.254 e. The summed E-state index contributed by atoms with van der Waals surface area (Å²) in [4.78, 5) is 0. The van der Waals surface area contributed by atoms with E-state index >= 15 is 0 Å². The van der Waals surface area contributed by atoms with Crippen LogP contribution in [-0.2, 0) is 14.2 Å². The summed E-state index contributed by atoms with van der Waals surface area (Å²) in [6, 6.07) is 3.50. The second kappa shape index (κ2) is 3.57. The molecule has 1 aliphatic heterocycles. The standard InChI is InChI=1S/C9H10N2O3/c1-6-9(2,12-3)14-8(5-11)7(4-10)13-6/h6H,1-3H3/t6?,9-/m1/s1. The van der Waals surface area contributed by atoms with E-state index in [1.54, 1.807) is 26.0 Å². The summed E-state index contributed by atoms with van der Waals surface area (Å²) in [5.41, 5.74) is 0. The smallest absolute Gasteiger partial charge is 0.254 e. The largest absolute Gasteiger partial charge is 0.471 e. The van der Waals surface area contributed by atoms with Gasteiger partial charge in [0.2, 0.25) is 5.79 Å². The van der Waals surface area contributed by atoms with Gasteiger partial charge in [-0.15, -0.1) is 0 Å². The van der Waals surface area contributed by atoms with Crippen LogP contribution in [-0.4, -0.2) is 19.0 Å². The van der Waals surface area contributed by atoms with Gasteiger partial charge in [-0.3, -0.25) is 0 Å². The second-order valence-corrected chi connectivity index (χ2v) is 2.96. The molecule has 0 fully saturated rings. The molecule has 0 saturated carbocycles. The van der Waals surface area contributed by atoms with Crippen molar-refractivity contribution in [1.82, 2.24) is 0 Å². The molecule has 14 heavy (non-hydrogen) atoms. The third-order valence-electron chi connectivity index (χ3n) is 2.15. The Balaban J connectivity index is 3.06. The topological polar surface area (TPSA) is 75.3 Å². The Kier molecular flexibility index (Phi) is 2.64. The minimum atomic E-state index is -1.02. The number of hydrogen-bond donors (Lipinski definition) is 0. The van der Waals surface area contributed by atoms with E-state index in [-0.39, 0.29) is 11.5 Å². The molecule has 0 amide bonds. The van der Waals surface area contributed by atoms with Gasteiger partial charge in [0.1, 0.15) is 12.1 Å². The second-order valence-electron chi connectivity index (χ2n) is 2.96. The van der Waals surface area contributed by atoms with Crippen LogP contribution in [0.3, 0.4) is 0 Å². The van der Waals surface area contributed by atoms with Crippen molar-refractivity contribution in [2.45, 2.75) is 25.7 Å². The number of methoxy groups -OCH3 is 1. The predicted molar refractivity (Wildman–Crippen MR) is 45.3 cm³/mol. The van der Waals surface area contributed by atoms with Gasteiger partial charge < -0.3 is 14.2 Å². The maximum atomic E-state index is 8.69. The number of nitriles is 2. The zero-order valence-electron chi connectivity index (χ0n) is 8.20. The van der Waals surface area contributed by atoms with Gasteiger partial charge in [-0.2, -0.15) is 10.5 Å². The molecule has 0 aromatic heterocycles. The van der Waals surface area contributed by atoms with Gasteiger partial charge in [0.25, 0.3) is 11.5 Å². The molecule has 0 bridgehead atoms. The molecule has 0 N–H and O–H groups in total. The van der Waals surface area contributed by atoms with Crippen molar-refractivity contribution in [3.63, 3.8) is 0 Å². The molecule has 1 rings (SSSR count). The van der Waals surface area contributed by atoms with E-state index < -0.39 is 11.9 Å². The molecule has 5 heteroatoms. The average Bonchev–Trinajstić information content (AvgIpc) is 2.21. The van der Waals surface area contributed by atoms with E-state index in [0.717, 1.165) is 0 Å². The van der Waals surface area contributed by atoms with Crippen LogP contribution in [0.2, 0.25) is 0 Å². The normalized spacial score (nSPS) is 31.1. The first-order valence-electron chi connectivity index (χ1n) is 4.02. The summed E-state index contributed by atoms with van der Waals surface area (Å²) in [6.07, 6.45) is -0.445. The van der Waals surface area contributed by atoms with Gasteiger partial charge in [-0.05, 0) is 6.92 Å². The fraction of sp³-hybridized carbons (Fsp3) is 0.556. The summed E-state index contributed by atoms with van der Waals surface area (Å²) in [6.45, 7) is 3.35. The molecule has 0 saturated heterocycles. The fourth-order valence-corrected chi connectivity index (χ4v) is 1.03. The Morgan fingerprint density at radius 3 is 2.36 bits per heavy atom. The van der Waals surface area contributed by atoms with Gasteiger partial charge in [0.15, 0.2) is 6.10 Å². The molecule has 0 spiro atoms. The molecule has 2 atom stereocenters. The zero-order valence-corrected chi connectivity index (χ0v) is 8.20. The number of nitrogens with zero attached hydrogens (tertiary/aromatic N) is 2. The minimum Gasteiger partial charge on any atom is -0.471 e. The van der Waals surface area contributed by atoms with E-state index in [2.05, 4.69) is 0 Å². The first-order chi connectivity index (χ1) is 6.57. The van der Waals surface area contributed by atoms with Crippen molar-refractivity contribution in [3.8, 4) is 12.1 Å². The van der Waals surface area contributed by atoms with E-state index in [1.165, 1.54) is 7.11 Å². The van der Waals surface area contributed by atoms with Gasteiger partial charge in [-0.1, -0.05) is 0 Å². The lowest BCUT2D eigenvalue weighted by Gasteiger charge is -2.37. The third-order valence-corrected chi connectivity index (χ3v) is 2.15. The zero-order chi connectivity index (χ0) is 10.8. The van der Waals surface area contributed by atoms with Crippen molar-refractivity contribution in [2.75, 3.05) is 7.11 Å². The van der Waals surface area contributed by atoms with Gasteiger partial charge >= 0.3 is 0 Å². The van der Waals surface area contributed by atoms with Crippen LogP contribution in [0.4, 0.5) is 0 Å². The van der Waals surface area contributed by atoms with Crippen LogP contribution in [0.25, 0.3) is 0 Å². The summed E-state index contributed by atoms with van der Waals surface area (Å²) >= 11 is 0. The molecular weight excluding hydrogens is 184 g/mol. The van der Waals surface area contributed by atoms with Crippen LogP contribution in [0.5, 0.6) is 0 Å². The van der Waals surface area contributed by atoms with Crippen molar-refractivity contribution in [3.05, 3.63) is 11.5 Å². The van der Waals surface area contributed by atoms with E-state index in [0.29, 0.717) is 0 Å². The first kappa shape index (κ1) is 10.4. The highest BCUT2D eigenvalue weighted by molar-refractivity contribution is 5.30. The predicted octanol–water partition coefficient (Wildman–Crippen LogP) is 1.04. The highest BCUT2D eigenvalue weighted by Crippen LogP contribution is 2.30. The van der Waals surface area contributed by atoms with Gasteiger partial charge in [0.05, 0.1) is 0 Å². The van der Waals surface area contributed by atoms with Crippen LogP contribution in [0.15, 0.2) is 11.5 Å². The lowest BCUT2D eigenvalue weighted by atomic mass is 10.1. The molecule has 0 aromatic rings. The Labute approximate surface area is 82.1 Å². The number of rotatable bonds is 1. The lowest BCUT2D eigenvalue weighted by Crippen LogP contribution is -2.46. The van der Waals surface area contributed by atoms with Gasteiger partial charge in [0, 0.05) is 14.0 Å². The van der Waals surface area contributed by atoms with E-state index in [9.17, 15) is 0 Å².